The molecule has 1 aromatic heterocycles. The van der Waals surface area contributed by atoms with Crippen LogP contribution in [0.4, 0.5) is 0 Å². The summed E-state index contributed by atoms with van der Waals surface area (Å²) in [5.41, 5.74) is 4.18. The van der Waals surface area contributed by atoms with Crippen LogP contribution in [0.25, 0.3) is 10.9 Å². The molecule has 1 aliphatic rings. The van der Waals surface area contributed by atoms with Crippen LogP contribution in [0.3, 0.4) is 0 Å². The highest BCUT2D eigenvalue weighted by molar-refractivity contribution is 6.30. The predicted octanol–water partition coefficient (Wildman–Crippen LogP) is 4.42. The number of pyridine rings is 1. The summed E-state index contributed by atoms with van der Waals surface area (Å²) in [7, 11) is 1.56. The molecule has 0 radical (unpaired) electrons. The van der Waals surface area contributed by atoms with Crippen LogP contribution < -0.4 is 0 Å². The van der Waals surface area contributed by atoms with E-state index < -0.39 is 0 Å². The van der Waals surface area contributed by atoms with Gasteiger partial charge in [0.15, 0.2) is 0 Å². The number of nitrogens with zero attached hydrogens (tertiary/aromatic N) is 2. The monoisotopic (exact) mass is 360 g/mol. The summed E-state index contributed by atoms with van der Waals surface area (Å²) in [5.74, 6) is 0.0191. The van der Waals surface area contributed by atoms with E-state index in [0.29, 0.717) is 11.7 Å². The molecule has 0 spiro atoms. The molecule has 0 unspecified atom stereocenters. The van der Waals surface area contributed by atoms with Crippen LogP contribution in [0.15, 0.2) is 18.2 Å². The first-order valence-electron chi connectivity index (χ1n) is 8.85. The van der Waals surface area contributed by atoms with Crippen molar-refractivity contribution in [2.75, 3.05) is 13.7 Å². The Labute approximate surface area is 154 Å². The first-order valence-corrected chi connectivity index (χ1v) is 9.22. The highest BCUT2D eigenvalue weighted by Gasteiger charge is 2.27. The summed E-state index contributed by atoms with van der Waals surface area (Å²) in [6.07, 6.45) is 4.44. The van der Waals surface area contributed by atoms with Crippen molar-refractivity contribution < 1.29 is 9.53 Å². The second kappa shape index (κ2) is 7.71. The average Bonchev–Trinajstić information content (AvgIpc) is 3.11. The van der Waals surface area contributed by atoms with Gasteiger partial charge in [0.1, 0.15) is 11.8 Å². The molecule has 2 aromatic rings. The van der Waals surface area contributed by atoms with E-state index in [1.807, 2.05) is 4.90 Å². The zero-order valence-corrected chi connectivity index (χ0v) is 15.9. The van der Waals surface area contributed by atoms with Gasteiger partial charge in [0.05, 0.1) is 5.52 Å². The Morgan fingerprint density at radius 3 is 2.72 bits per heavy atom. The molecule has 1 amide bonds. The Morgan fingerprint density at radius 1 is 1.32 bits per heavy atom. The molecule has 0 bridgehead atoms. The van der Waals surface area contributed by atoms with Crippen molar-refractivity contribution in [1.82, 2.24) is 9.88 Å². The van der Waals surface area contributed by atoms with E-state index in [1.54, 1.807) is 7.11 Å². The van der Waals surface area contributed by atoms with Crippen molar-refractivity contribution in [3.63, 3.8) is 0 Å². The third-order valence-corrected chi connectivity index (χ3v) is 5.56. The lowest BCUT2D eigenvalue weighted by Crippen LogP contribution is -2.40. The van der Waals surface area contributed by atoms with Crippen molar-refractivity contribution >= 4 is 28.4 Å². The number of benzene rings is 1. The second-order valence-corrected chi connectivity index (χ2v) is 7.27. The number of fused-ring (bicyclic) bond motifs is 1. The van der Waals surface area contributed by atoms with E-state index in [2.05, 4.69) is 37.0 Å². The van der Waals surface area contributed by atoms with Gasteiger partial charge in [-0.2, -0.15) is 0 Å². The smallest absolute Gasteiger partial charge is 0.249 e. The molecule has 0 saturated heterocycles. The highest BCUT2D eigenvalue weighted by Crippen LogP contribution is 2.29. The van der Waals surface area contributed by atoms with Gasteiger partial charge in [-0.1, -0.05) is 36.6 Å². The van der Waals surface area contributed by atoms with Crippen LogP contribution in [0.5, 0.6) is 0 Å². The molecule has 3 rings (SSSR count). The highest BCUT2D eigenvalue weighted by atomic mass is 35.5. The lowest BCUT2D eigenvalue weighted by Gasteiger charge is -2.29. The largest absolute Gasteiger partial charge is 0.375 e. The van der Waals surface area contributed by atoms with Crippen molar-refractivity contribution in [3.8, 4) is 0 Å². The molecular weight excluding hydrogens is 336 g/mol. The topological polar surface area (TPSA) is 42.4 Å². The van der Waals surface area contributed by atoms with Gasteiger partial charge < -0.3 is 9.64 Å². The molecule has 1 saturated carbocycles. The number of hydrogen-bond donors (Lipinski definition) is 0. The van der Waals surface area contributed by atoms with Gasteiger partial charge in [-0.15, -0.1) is 0 Å². The maximum Gasteiger partial charge on any atom is 0.249 e. The fourth-order valence-electron chi connectivity index (χ4n) is 3.64. The number of ether oxygens (including phenoxy) is 1. The van der Waals surface area contributed by atoms with E-state index in [-0.39, 0.29) is 18.6 Å². The average molecular weight is 361 g/mol. The summed E-state index contributed by atoms with van der Waals surface area (Å²) >= 11 is 6.48. The normalized spacial score (nSPS) is 15.0. The Bertz CT molecular complexity index is 785. The molecule has 1 heterocycles. The maximum absolute atomic E-state index is 12.5. The lowest BCUT2D eigenvalue weighted by atomic mass is 10.0. The summed E-state index contributed by atoms with van der Waals surface area (Å²) < 4.78 is 5.07. The third kappa shape index (κ3) is 3.80. The van der Waals surface area contributed by atoms with Crippen LogP contribution in [0, 0.1) is 13.8 Å². The molecule has 5 heteroatoms. The standard InChI is InChI=1S/C20H25ClN2O2/c1-13-8-9-15-10-16(20(21)22-19(15)14(13)2)11-23(18(24)12-25-3)17-6-4-5-7-17/h8-10,17H,4-7,11-12H2,1-3H3. The van der Waals surface area contributed by atoms with Gasteiger partial charge in [0.2, 0.25) is 5.91 Å². The van der Waals surface area contributed by atoms with Crippen LogP contribution >= 0.6 is 11.6 Å². The van der Waals surface area contributed by atoms with Gasteiger partial charge in [-0.25, -0.2) is 4.98 Å². The lowest BCUT2D eigenvalue weighted by molar-refractivity contribution is -0.138. The Kier molecular flexibility index (Phi) is 5.60. The molecule has 1 aliphatic carbocycles. The Morgan fingerprint density at radius 2 is 2.04 bits per heavy atom. The molecular formula is C20H25ClN2O2. The minimum Gasteiger partial charge on any atom is -0.375 e. The number of rotatable bonds is 5. The number of aromatic nitrogens is 1. The van der Waals surface area contributed by atoms with E-state index in [0.717, 1.165) is 34.9 Å². The zero-order chi connectivity index (χ0) is 18.0. The molecule has 0 aliphatic heterocycles. The fourth-order valence-corrected chi connectivity index (χ4v) is 3.84. The zero-order valence-electron chi connectivity index (χ0n) is 15.1. The first kappa shape index (κ1) is 18.2. The second-order valence-electron chi connectivity index (χ2n) is 6.91. The number of hydrogen-bond acceptors (Lipinski definition) is 3. The number of amides is 1. The van der Waals surface area contributed by atoms with Crippen LogP contribution in [-0.4, -0.2) is 35.5 Å². The number of carbonyl (C=O) groups excluding carboxylic acids is 1. The minimum atomic E-state index is 0.0191. The molecule has 134 valence electrons. The van der Waals surface area contributed by atoms with Crippen LogP contribution in [-0.2, 0) is 16.1 Å². The Hall–Kier alpha value is -1.65. The summed E-state index contributed by atoms with van der Waals surface area (Å²) in [6.45, 7) is 4.73. The SMILES string of the molecule is COCC(=O)N(Cc1cc2ccc(C)c(C)c2nc1Cl)C1CCCC1. The van der Waals surface area contributed by atoms with Gasteiger partial charge in [-0.05, 0) is 43.9 Å². The number of carbonyl (C=O) groups is 1. The number of methoxy groups -OCH3 is 1. The van der Waals surface area contributed by atoms with E-state index in [4.69, 9.17) is 16.3 Å². The van der Waals surface area contributed by atoms with Crippen molar-refractivity contribution in [2.45, 2.75) is 52.1 Å². The van der Waals surface area contributed by atoms with E-state index in [9.17, 15) is 4.79 Å². The summed E-state index contributed by atoms with van der Waals surface area (Å²) in [6, 6.07) is 6.51. The number of halogens is 1. The first-order chi connectivity index (χ1) is 12.0. The molecule has 25 heavy (non-hydrogen) atoms. The molecule has 4 nitrogen and oxygen atoms in total. The molecule has 1 aromatic carbocycles. The van der Waals surface area contributed by atoms with Gasteiger partial charge in [-0.3, -0.25) is 4.79 Å². The quantitative estimate of drug-likeness (QED) is 0.741. The van der Waals surface area contributed by atoms with Gasteiger partial charge >= 0.3 is 0 Å². The Balaban J connectivity index is 1.94. The molecule has 1 fully saturated rings. The van der Waals surface area contributed by atoms with E-state index >= 15 is 0 Å². The third-order valence-electron chi connectivity index (χ3n) is 5.23. The van der Waals surface area contributed by atoms with Crippen molar-refractivity contribution in [1.29, 1.82) is 0 Å². The van der Waals surface area contributed by atoms with Gasteiger partial charge in [0, 0.05) is 30.6 Å². The van der Waals surface area contributed by atoms with Crippen LogP contribution in [0.1, 0.15) is 42.4 Å². The van der Waals surface area contributed by atoms with E-state index in [1.165, 1.54) is 18.4 Å². The summed E-state index contributed by atoms with van der Waals surface area (Å²) in [5, 5.41) is 1.54. The van der Waals surface area contributed by atoms with Gasteiger partial charge in [0.25, 0.3) is 0 Å². The maximum atomic E-state index is 12.5. The molecule has 0 N–H and O–H groups in total. The van der Waals surface area contributed by atoms with Crippen LogP contribution in [0.2, 0.25) is 5.15 Å². The van der Waals surface area contributed by atoms with Crippen molar-refractivity contribution in [2.24, 2.45) is 0 Å². The minimum absolute atomic E-state index is 0.0191. The molecule has 0 atom stereocenters. The van der Waals surface area contributed by atoms with Crippen molar-refractivity contribution in [3.05, 3.63) is 40.0 Å². The predicted molar refractivity (Wildman–Crippen MR) is 101 cm³/mol. The number of aryl methyl sites for hydroxylation is 2. The fraction of sp³-hybridized carbons (Fsp3) is 0.500. The summed E-state index contributed by atoms with van der Waals surface area (Å²) in [4.78, 5) is 19.1.